The molecule has 0 aliphatic heterocycles. The Kier molecular flexibility index (Phi) is 7.58. The number of halogens is 2. The van der Waals surface area contributed by atoms with Crippen molar-refractivity contribution < 1.29 is 19.1 Å². The zero-order valence-electron chi connectivity index (χ0n) is 15.8. The van der Waals surface area contributed by atoms with E-state index in [1.807, 2.05) is 12.1 Å². The van der Waals surface area contributed by atoms with Gasteiger partial charge in [0.05, 0.1) is 24.5 Å². The van der Waals surface area contributed by atoms with E-state index in [4.69, 9.17) is 9.47 Å². The van der Waals surface area contributed by atoms with Crippen LogP contribution >= 0.6 is 38.5 Å². The second-order valence-corrected chi connectivity index (χ2v) is 8.06. The molecule has 0 bridgehead atoms. The van der Waals surface area contributed by atoms with Crippen LogP contribution in [0.2, 0.25) is 0 Å². The highest BCUT2D eigenvalue weighted by molar-refractivity contribution is 14.1. The minimum absolute atomic E-state index is 0.311. The molecule has 0 heterocycles. The molecule has 0 atom stereocenters. The van der Waals surface area contributed by atoms with Crippen molar-refractivity contribution in [1.29, 1.82) is 0 Å². The van der Waals surface area contributed by atoms with Crippen LogP contribution in [0.3, 0.4) is 0 Å². The van der Waals surface area contributed by atoms with Gasteiger partial charge in [0.2, 0.25) is 0 Å². The minimum Gasteiger partial charge on any atom is -0.497 e. The number of carbonyl (C=O) groups is 2. The molecule has 0 saturated heterocycles. The molecule has 0 aliphatic carbocycles. The van der Waals surface area contributed by atoms with Gasteiger partial charge < -0.3 is 9.47 Å². The molecule has 0 fully saturated rings. The van der Waals surface area contributed by atoms with Gasteiger partial charge in [-0.3, -0.25) is 4.79 Å². The second kappa shape index (κ2) is 10.4. The number of hydrazone groups is 1. The molecule has 6 nitrogen and oxygen atoms in total. The van der Waals surface area contributed by atoms with Crippen molar-refractivity contribution in [3.63, 3.8) is 0 Å². The molecule has 3 aromatic carbocycles. The molecule has 0 aromatic heterocycles. The normalized spacial score (nSPS) is 10.6. The zero-order chi connectivity index (χ0) is 21.5. The lowest BCUT2D eigenvalue weighted by molar-refractivity contribution is 0.0734. The van der Waals surface area contributed by atoms with Crippen molar-refractivity contribution in [1.82, 2.24) is 5.43 Å². The molecule has 3 aromatic rings. The molecular formula is C22H16BrIN2O4. The van der Waals surface area contributed by atoms with E-state index < -0.39 is 5.97 Å². The smallest absolute Gasteiger partial charge is 0.343 e. The number of esters is 1. The quantitative estimate of drug-likeness (QED) is 0.146. The third-order valence-electron chi connectivity index (χ3n) is 3.99. The third kappa shape index (κ3) is 5.67. The first-order valence-corrected chi connectivity index (χ1v) is 10.6. The van der Waals surface area contributed by atoms with Crippen LogP contribution in [0.4, 0.5) is 0 Å². The fraction of sp³-hybridized carbons (Fsp3) is 0.0455. The van der Waals surface area contributed by atoms with E-state index in [1.54, 1.807) is 61.7 Å². The number of carbonyl (C=O) groups excluding carboxylic acids is 2. The summed E-state index contributed by atoms with van der Waals surface area (Å²) in [6.07, 6.45) is 1.43. The fourth-order valence-corrected chi connectivity index (χ4v) is 3.48. The van der Waals surface area contributed by atoms with Gasteiger partial charge in [0, 0.05) is 13.6 Å². The number of hydrogen-bond acceptors (Lipinski definition) is 5. The first kappa shape index (κ1) is 22.0. The summed E-state index contributed by atoms with van der Waals surface area (Å²) < 4.78 is 12.2. The predicted molar refractivity (Wildman–Crippen MR) is 126 cm³/mol. The van der Waals surface area contributed by atoms with Crippen molar-refractivity contribution in [3.05, 3.63) is 91.5 Å². The lowest BCUT2D eigenvalue weighted by Crippen LogP contribution is -2.18. The van der Waals surface area contributed by atoms with Crippen molar-refractivity contribution in [3.8, 4) is 11.5 Å². The molecule has 152 valence electrons. The highest BCUT2D eigenvalue weighted by atomic mass is 127. The predicted octanol–water partition coefficient (Wildman–Crippen LogP) is 5.05. The number of ether oxygens (including phenoxy) is 2. The van der Waals surface area contributed by atoms with E-state index in [9.17, 15) is 9.59 Å². The number of nitrogens with zero attached hydrogens (tertiary/aromatic N) is 1. The zero-order valence-corrected chi connectivity index (χ0v) is 19.5. The highest BCUT2D eigenvalue weighted by Crippen LogP contribution is 2.23. The van der Waals surface area contributed by atoms with Gasteiger partial charge in [-0.1, -0.05) is 28.1 Å². The van der Waals surface area contributed by atoms with Gasteiger partial charge in [-0.25, -0.2) is 10.2 Å². The molecule has 1 amide bonds. The summed E-state index contributed by atoms with van der Waals surface area (Å²) in [6, 6.07) is 18.9. The van der Waals surface area contributed by atoms with E-state index >= 15 is 0 Å². The number of rotatable bonds is 6. The van der Waals surface area contributed by atoms with Crippen molar-refractivity contribution in [2.75, 3.05) is 7.11 Å². The van der Waals surface area contributed by atoms with E-state index in [2.05, 4.69) is 49.0 Å². The molecule has 0 saturated carbocycles. The number of benzene rings is 3. The Morgan fingerprint density at radius 1 is 1.07 bits per heavy atom. The summed E-state index contributed by atoms with van der Waals surface area (Å²) in [7, 11) is 1.55. The average Bonchev–Trinajstić information content (AvgIpc) is 2.75. The van der Waals surface area contributed by atoms with Crippen LogP contribution in [0.25, 0.3) is 0 Å². The largest absolute Gasteiger partial charge is 0.497 e. The van der Waals surface area contributed by atoms with Gasteiger partial charge in [-0.15, -0.1) is 0 Å². The molecule has 0 spiro atoms. The number of nitrogens with one attached hydrogen (secondary N) is 1. The highest BCUT2D eigenvalue weighted by Gasteiger charge is 2.12. The Labute approximate surface area is 195 Å². The monoisotopic (exact) mass is 578 g/mol. The molecular weight excluding hydrogens is 563 g/mol. The molecule has 8 heteroatoms. The van der Waals surface area contributed by atoms with E-state index in [-0.39, 0.29) is 5.91 Å². The standard InChI is InChI=1S/C22H16BrIN2O4/c1-29-17-9-6-14(7-10-17)22(28)30-20-11-8-16(23)12-15(20)13-25-26-21(27)18-4-2-3-5-19(18)24/h2-13H,1H3,(H,26,27)/b25-13-. The Hall–Kier alpha value is -2.72. The van der Waals surface area contributed by atoms with E-state index in [0.717, 1.165) is 8.04 Å². The van der Waals surface area contributed by atoms with Crippen LogP contribution in [0.1, 0.15) is 26.3 Å². The molecule has 3 rings (SSSR count). The molecule has 0 unspecified atom stereocenters. The molecule has 1 N–H and O–H groups in total. The van der Waals surface area contributed by atoms with Gasteiger partial charge in [-0.05, 0) is 77.2 Å². The van der Waals surface area contributed by atoms with Gasteiger partial charge in [0.1, 0.15) is 11.5 Å². The maximum Gasteiger partial charge on any atom is 0.343 e. The summed E-state index contributed by atoms with van der Waals surface area (Å²) in [4.78, 5) is 24.8. The number of hydrogen-bond donors (Lipinski definition) is 1. The van der Waals surface area contributed by atoms with E-state index in [1.165, 1.54) is 6.21 Å². The third-order valence-corrected chi connectivity index (χ3v) is 5.42. The van der Waals surface area contributed by atoms with Gasteiger partial charge in [-0.2, -0.15) is 5.10 Å². The Balaban J connectivity index is 1.74. The Morgan fingerprint density at radius 2 is 1.80 bits per heavy atom. The Morgan fingerprint density at radius 3 is 2.50 bits per heavy atom. The first-order chi connectivity index (χ1) is 14.5. The van der Waals surface area contributed by atoms with Gasteiger partial charge in [0.25, 0.3) is 5.91 Å². The maximum atomic E-state index is 12.5. The summed E-state index contributed by atoms with van der Waals surface area (Å²) in [5.41, 5.74) is 3.92. The van der Waals surface area contributed by atoms with Crippen molar-refractivity contribution in [2.45, 2.75) is 0 Å². The van der Waals surface area contributed by atoms with Crippen molar-refractivity contribution >= 4 is 56.6 Å². The topological polar surface area (TPSA) is 77.0 Å². The van der Waals surface area contributed by atoms with Gasteiger partial charge in [0.15, 0.2) is 0 Å². The van der Waals surface area contributed by atoms with Crippen LogP contribution in [0.15, 0.2) is 76.3 Å². The number of methoxy groups -OCH3 is 1. The average molecular weight is 579 g/mol. The SMILES string of the molecule is COc1ccc(C(=O)Oc2ccc(Br)cc2/C=N\NC(=O)c2ccccc2I)cc1. The summed E-state index contributed by atoms with van der Waals surface area (Å²) >= 11 is 5.47. The van der Waals surface area contributed by atoms with Crippen molar-refractivity contribution in [2.24, 2.45) is 5.10 Å². The molecule has 30 heavy (non-hydrogen) atoms. The van der Waals surface area contributed by atoms with Crippen LogP contribution in [0, 0.1) is 3.57 Å². The van der Waals surface area contributed by atoms with E-state index in [0.29, 0.717) is 28.2 Å². The number of amides is 1. The summed E-state index contributed by atoms with van der Waals surface area (Å²) in [5.74, 6) is 0.110. The summed E-state index contributed by atoms with van der Waals surface area (Å²) in [6.45, 7) is 0. The Bertz CT molecular complexity index is 1100. The van der Waals surface area contributed by atoms with Crippen LogP contribution in [-0.4, -0.2) is 25.2 Å². The molecule has 0 radical (unpaired) electrons. The van der Waals surface area contributed by atoms with Crippen LogP contribution < -0.4 is 14.9 Å². The minimum atomic E-state index is -0.516. The second-order valence-electron chi connectivity index (χ2n) is 5.98. The summed E-state index contributed by atoms with van der Waals surface area (Å²) in [5, 5.41) is 4.01. The van der Waals surface area contributed by atoms with Gasteiger partial charge >= 0.3 is 5.97 Å². The lowest BCUT2D eigenvalue weighted by atomic mass is 10.2. The molecule has 0 aliphatic rings. The maximum absolute atomic E-state index is 12.5. The lowest BCUT2D eigenvalue weighted by Gasteiger charge is -2.09. The van der Waals surface area contributed by atoms with Crippen LogP contribution in [0.5, 0.6) is 11.5 Å². The fourth-order valence-electron chi connectivity index (χ4n) is 2.47. The van der Waals surface area contributed by atoms with Crippen LogP contribution in [-0.2, 0) is 0 Å². The first-order valence-electron chi connectivity index (χ1n) is 8.71.